The number of aryl methyl sites for hydroxylation is 3. The van der Waals surface area contributed by atoms with Crippen molar-refractivity contribution in [1.29, 1.82) is 0 Å². The highest BCUT2D eigenvalue weighted by Crippen LogP contribution is 2.42. The van der Waals surface area contributed by atoms with Gasteiger partial charge in [-0.1, -0.05) is 36.4 Å². The lowest BCUT2D eigenvalue weighted by Gasteiger charge is -2.34. The maximum Gasteiger partial charge on any atom is 0.333 e. The highest BCUT2D eigenvalue weighted by molar-refractivity contribution is 8.00. The third-order valence-electron chi connectivity index (χ3n) is 15.6. The van der Waals surface area contributed by atoms with Gasteiger partial charge in [0.25, 0.3) is 23.6 Å². The number of hydrogen-bond donors (Lipinski definition) is 0. The molecule has 422 valence electrons. The highest BCUT2D eigenvalue weighted by atomic mass is 32.2. The first kappa shape index (κ1) is 56.4. The van der Waals surface area contributed by atoms with E-state index in [1.165, 1.54) is 11.1 Å². The van der Waals surface area contributed by atoms with Gasteiger partial charge in [0, 0.05) is 84.5 Å². The molecule has 0 radical (unpaired) electrons. The molecular weight excluding hydrogens is 1040 g/mol. The topological polar surface area (TPSA) is 163 Å². The number of benzene rings is 5. The smallest absolute Gasteiger partial charge is 0.333 e. The number of ether oxygens (including phenoxy) is 6. The van der Waals surface area contributed by atoms with E-state index < -0.39 is 17.8 Å². The maximum atomic E-state index is 14.3. The summed E-state index contributed by atoms with van der Waals surface area (Å²) < 4.78 is 36.1. The van der Waals surface area contributed by atoms with Crippen LogP contribution in [-0.4, -0.2) is 118 Å². The number of nitrogens with zero attached hydrogens (tertiary/aromatic N) is 4. The number of anilines is 3. The number of carbonyl (C=O) groups is 5. The zero-order valence-electron chi connectivity index (χ0n) is 46.6. The van der Waals surface area contributed by atoms with Crippen molar-refractivity contribution in [2.75, 3.05) is 80.8 Å². The van der Waals surface area contributed by atoms with Crippen molar-refractivity contribution in [3.05, 3.63) is 141 Å². The van der Waals surface area contributed by atoms with E-state index in [4.69, 9.17) is 33.3 Å². The lowest BCUT2D eigenvalue weighted by molar-refractivity contribution is -0.197. The number of thioether (sulfide) groups is 1. The van der Waals surface area contributed by atoms with Gasteiger partial charge in [-0.15, -0.1) is 5.06 Å². The minimum Gasteiger partial charge on any atom is -0.493 e. The number of amides is 4. The van der Waals surface area contributed by atoms with Crippen molar-refractivity contribution in [3.8, 4) is 17.2 Å². The number of hydroxylamine groups is 2. The van der Waals surface area contributed by atoms with E-state index in [-0.39, 0.29) is 61.1 Å². The first-order valence-corrected chi connectivity index (χ1v) is 28.9. The van der Waals surface area contributed by atoms with Gasteiger partial charge in [-0.3, -0.25) is 19.2 Å². The van der Waals surface area contributed by atoms with Gasteiger partial charge in [0.2, 0.25) is 0 Å². The largest absolute Gasteiger partial charge is 0.493 e. The monoisotopic (exact) mass is 1110 g/mol. The maximum absolute atomic E-state index is 14.3. The first-order chi connectivity index (χ1) is 38.8. The average Bonchev–Trinajstić information content (AvgIpc) is 4.21. The molecule has 5 heterocycles. The molecule has 10 rings (SSSR count). The van der Waals surface area contributed by atoms with Gasteiger partial charge in [0.1, 0.15) is 19.0 Å². The summed E-state index contributed by atoms with van der Waals surface area (Å²) in [5, 5.41) is 0.594. The average molecular weight is 1110 g/mol. The van der Waals surface area contributed by atoms with Gasteiger partial charge < -0.3 is 48.0 Å². The molecule has 0 aromatic heterocycles. The van der Waals surface area contributed by atoms with Crippen LogP contribution < -0.4 is 28.9 Å². The fraction of sp³-hybridized carbons (Fsp3) is 0.444. The van der Waals surface area contributed by atoms with Gasteiger partial charge in [-0.05, 0) is 165 Å². The minimum atomic E-state index is -0.615. The molecule has 5 aromatic rings. The van der Waals surface area contributed by atoms with Crippen LogP contribution in [0.1, 0.15) is 112 Å². The van der Waals surface area contributed by atoms with Crippen molar-refractivity contribution in [1.82, 2.24) is 5.06 Å². The first-order valence-electron chi connectivity index (χ1n) is 27.9. The molecular formula is C63H72N4O12S. The van der Waals surface area contributed by atoms with Crippen molar-refractivity contribution in [3.63, 3.8) is 0 Å². The summed E-state index contributed by atoms with van der Waals surface area (Å²) in [6.45, 7) is 10.1. The summed E-state index contributed by atoms with van der Waals surface area (Å²) in [7, 11) is 3.23. The lowest BCUT2D eigenvalue weighted by Crippen LogP contribution is -2.39. The Labute approximate surface area is 472 Å². The second-order valence-electron chi connectivity index (χ2n) is 21.8. The molecule has 0 spiro atoms. The van der Waals surface area contributed by atoms with Crippen LogP contribution in [0.4, 0.5) is 17.1 Å². The summed E-state index contributed by atoms with van der Waals surface area (Å²) in [5.41, 5.74) is 11.2. The van der Waals surface area contributed by atoms with Crippen LogP contribution in [0.15, 0.2) is 91.0 Å². The molecule has 17 heteroatoms. The Hall–Kier alpha value is -6.92. The molecule has 1 saturated heterocycles. The van der Waals surface area contributed by atoms with Gasteiger partial charge in [-0.2, -0.15) is 11.8 Å². The third-order valence-corrected chi connectivity index (χ3v) is 17.0. The van der Waals surface area contributed by atoms with E-state index >= 15 is 0 Å². The molecule has 0 aliphatic carbocycles. The van der Waals surface area contributed by atoms with E-state index in [1.54, 1.807) is 26.0 Å². The zero-order chi connectivity index (χ0) is 55.9. The molecule has 1 fully saturated rings. The second-order valence-corrected chi connectivity index (χ2v) is 23.6. The third kappa shape index (κ3) is 12.8. The van der Waals surface area contributed by atoms with Gasteiger partial charge in [-0.25, -0.2) is 4.79 Å². The van der Waals surface area contributed by atoms with E-state index in [9.17, 15) is 24.0 Å². The Bertz CT molecular complexity index is 3110. The van der Waals surface area contributed by atoms with Gasteiger partial charge >= 0.3 is 5.97 Å². The lowest BCUT2D eigenvalue weighted by atomic mass is 9.98. The minimum absolute atomic E-state index is 0.0300. The number of fused-ring (bicyclic) bond motifs is 8. The summed E-state index contributed by atoms with van der Waals surface area (Å²) in [6.07, 6.45) is 5.44. The predicted octanol–water partition coefficient (Wildman–Crippen LogP) is 9.58. The van der Waals surface area contributed by atoms with E-state index in [0.29, 0.717) is 98.2 Å². The van der Waals surface area contributed by atoms with Crippen LogP contribution in [0.5, 0.6) is 17.2 Å². The summed E-state index contributed by atoms with van der Waals surface area (Å²) >= 11 is 1.71. The van der Waals surface area contributed by atoms with Crippen LogP contribution in [0.2, 0.25) is 0 Å². The molecule has 5 aromatic carbocycles. The molecule has 0 N–H and O–H groups in total. The number of rotatable bonds is 25. The highest BCUT2D eigenvalue weighted by Gasteiger charge is 2.39. The van der Waals surface area contributed by atoms with Crippen molar-refractivity contribution < 1.29 is 57.2 Å². The van der Waals surface area contributed by atoms with Gasteiger partial charge in [0.05, 0.1) is 40.1 Å². The molecule has 80 heavy (non-hydrogen) atoms. The van der Waals surface area contributed by atoms with E-state index in [0.717, 1.165) is 77.0 Å². The van der Waals surface area contributed by atoms with Crippen LogP contribution in [0, 0.1) is 6.92 Å². The fourth-order valence-electron chi connectivity index (χ4n) is 11.6. The number of methoxy groups -OCH3 is 2. The molecule has 16 nitrogen and oxygen atoms in total. The molecule has 5 aliphatic rings. The number of imide groups is 1. The Morgan fingerprint density at radius 2 is 1.21 bits per heavy atom. The van der Waals surface area contributed by atoms with Crippen LogP contribution >= 0.6 is 11.8 Å². The summed E-state index contributed by atoms with van der Waals surface area (Å²) in [4.78, 5) is 76.8. The molecule has 4 amide bonds. The number of carbonyl (C=O) groups excluding carboxylic acids is 5. The summed E-state index contributed by atoms with van der Waals surface area (Å²) in [5.74, 6) is 0.737. The van der Waals surface area contributed by atoms with Crippen molar-refractivity contribution in [2.24, 2.45) is 0 Å². The zero-order valence-corrected chi connectivity index (χ0v) is 47.4. The number of para-hydroxylation sites is 2. The van der Waals surface area contributed by atoms with E-state index in [2.05, 4.69) is 55.1 Å². The summed E-state index contributed by atoms with van der Waals surface area (Å²) in [6, 6.07) is 30.7. The predicted molar refractivity (Wildman–Crippen MR) is 306 cm³/mol. The van der Waals surface area contributed by atoms with Gasteiger partial charge in [0.15, 0.2) is 11.5 Å². The quantitative estimate of drug-likeness (QED) is 0.0401. The second kappa shape index (κ2) is 25.3. The van der Waals surface area contributed by atoms with E-state index in [1.807, 2.05) is 71.3 Å². The number of hydrogen-bond acceptors (Lipinski definition) is 14. The van der Waals surface area contributed by atoms with Crippen LogP contribution in [0.25, 0.3) is 0 Å². The molecule has 5 aliphatic heterocycles. The normalized spacial score (nSPS) is 17.3. The Morgan fingerprint density at radius 1 is 0.650 bits per heavy atom. The molecule has 0 unspecified atom stereocenters. The molecule has 2 atom stereocenters. The fourth-order valence-corrected chi connectivity index (χ4v) is 12.7. The Kier molecular flexibility index (Phi) is 17.8. The Balaban J connectivity index is 0.907. The standard InChI is InChI=1S/C63H72N4O12S/c1-41-29-51-44(16-18-48-33-46-11-6-8-13-53(46)65(48)61(51)71)35-55(41)77-38-42-30-43(39-78-57-36-45-17-19-49-34-47-12-7-9-14-54(47)66(49)62(72)52(45)37-56(57)74-5)32-50(31-42)64(22-23-75-26-27-76-25-24-73-4)40-63(2,3)80-28-10-15-60(70)79-67-58(68)20-21-59(67)69/h6-9,11-14,29-32,35-37,48-49H,10,15-28,33-34,38-40H2,1-5H3/t48-,49-/m1/s1. The van der Waals surface area contributed by atoms with Crippen LogP contribution in [0.3, 0.4) is 0 Å². The molecule has 0 saturated carbocycles. The van der Waals surface area contributed by atoms with Crippen molar-refractivity contribution >= 4 is 58.4 Å². The SMILES string of the molecule is COCCOCCOCCN(CC(C)(C)SCCCC(=O)ON1C(=O)CCC1=O)c1cc(COc2cc3c(cc2C)C(=O)N2c4ccccc4C[C@H]2CC3)cc(COc2cc3c(cc2OC)C(=O)N2c4ccccc4C[C@H]2CC3)c1. The molecule has 0 bridgehead atoms. The Morgan fingerprint density at radius 3 is 1.82 bits per heavy atom. The van der Waals surface area contributed by atoms with Crippen LogP contribution in [-0.2, 0) is 72.3 Å². The van der Waals surface area contributed by atoms with Crippen molar-refractivity contribution in [2.45, 2.75) is 115 Å².